The number of hydrogen-bond acceptors (Lipinski definition) is 7. The summed E-state index contributed by atoms with van der Waals surface area (Å²) in [7, 11) is 2.79. The highest BCUT2D eigenvalue weighted by atomic mass is 19.1. The van der Waals surface area contributed by atoms with E-state index in [4.69, 9.17) is 19.9 Å². The summed E-state index contributed by atoms with van der Waals surface area (Å²) in [5.74, 6) is -0.235. The number of rotatable bonds is 5. The van der Waals surface area contributed by atoms with Gasteiger partial charge in [0.1, 0.15) is 11.6 Å². The molecule has 7 nitrogen and oxygen atoms in total. The number of aromatic nitrogens is 3. The number of nitrogens with zero attached hydrogens (tertiary/aromatic N) is 3. The normalized spacial score (nSPS) is 10.2. The molecule has 0 aliphatic carbocycles. The van der Waals surface area contributed by atoms with Gasteiger partial charge in [-0.05, 0) is 12.1 Å². The van der Waals surface area contributed by atoms with Crippen LogP contribution in [0.2, 0.25) is 0 Å². The van der Waals surface area contributed by atoms with Crippen molar-refractivity contribution in [3.63, 3.8) is 0 Å². The van der Waals surface area contributed by atoms with E-state index in [0.29, 0.717) is 0 Å². The lowest BCUT2D eigenvalue weighted by Crippen LogP contribution is -2.05. The van der Waals surface area contributed by atoms with Crippen molar-refractivity contribution in [3.8, 4) is 23.8 Å². The number of nitrogens with two attached hydrogens (primary N) is 1. The molecular weight excluding hydrogens is 267 g/mol. The maximum Gasteiger partial charge on any atom is 0.331 e. The molecule has 0 atom stereocenters. The molecule has 0 aliphatic rings. The van der Waals surface area contributed by atoms with Gasteiger partial charge in [-0.2, -0.15) is 0 Å². The maximum atomic E-state index is 13.6. The third-order valence-electron chi connectivity index (χ3n) is 2.42. The summed E-state index contributed by atoms with van der Waals surface area (Å²) < 4.78 is 28.8. The first-order valence-electron chi connectivity index (χ1n) is 5.67. The van der Waals surface area contributed by atoms with Gasteiger partial charge in [-0.3, -0.25) is 0 Å². The van der Waals surface area contributed by atoms with Crippen molar-refractivity contribution in [2.75, 3.05) is 14.2 Å². The van der Waals surface area contributed by atoms with Gasteiger partial charge in [0.25, 0.3) is 0 Å². The van der Waals surface area contributed by atoms with Crippen LogP contribution in [0.5, 0.6) is 23.8 Å². The van der Waals surface area contributed by atoms with Gasteiger partial charge in [0.2, 0.25) is 0 Å². The Morgan fingerprint density at radius 1 is 1.05 bits per heavy atom. The zero-order valence-electron chi connectivity index (χ0n) is 11.0. The minimum Gasteiger partial charge on any atom is -0.467 e. The van der Waals surface area contributed by atoms with E-state index in [1.807, 2.05) is 0 Å². The second-order valence-corrected chi connectivity index (χ2v) is 3.61. The van der Waals surface area contributed by atoms with Gasteiger partial charge in [-0.15, -0.1) is 15.0 Å². The van der Waals surface area contributed by atoms with E-state index in [1.54, 1.807) is 6.07 Å². The molecule has 0 unspecified atom stereocenters. The van der Waals surface area contributed by atoms with Crippen molar-refractivity contribution in [2.24, 2.45) is 5.73 Å². The number of ether oxygens (including phenoxy) is 3. The average molecular weight is 280 g/mol. The van der Waals surface area contributed by atoms with Crippen molar-refractivity contribution in [3.05, 3.63) is 29.6 Å². The molecule has 1 aromatic heterocycles. The van der Waals surface area contributed by atoms with Crippen LogP contribution in [-0.4, -0.2) is 29.2 Å². The molecule has 20 heavy (non-hydrogen) atoms. The van der Waals surface area contributed by atoms with Crippen molar-refractivity contribution >= 4 is 0 Å². The van der Waals surface area contributed by atoms with Crippen molar-refractivity contribution in [1.82, 2.24) is 15.0 Å². The van der Waals surface area contributed by atoms with E-state index in [1.165, 1.54) is 26.4 Å². The quantitative estimate of drug-likeness (QED) is 0.881. The molecule has 2 rings (SSSR count). The first-order valence-corrected chi connectivity index (χ1v) is 5.67. The molecular formula is C12H13FN4O3. The minimum absolute atomic E-state index is 0.0125. The second kappa shape index (κ2) is 6.11. The van der Waals surface area contributed by atoms with E-state index in [-0.39, 0.29) is 35.9 Å². The molecule has 0 amide bonds. The van der Waals surface area contributed by atoms with E-state index in [0.717, 1.165) is 0 Å². The summed E-state index contributed by atoms with van der Waals surface area (Å²) in [6.45, 7) is -0.0125. The van der Waals surface area contributed by atoms with Crippen LogP contribution in [0.1, 0.15) is 5.56 Å². The first-order chi connectivity index (χ1) is 9.67. The molecule has 0 fully saturated rings. The van der Waals surface area contributed by atoms with Crippen molar-refractivity contribution in [1.29, 1.82) is 0 Å². The number of hydrogen-bond donors (Lipinski definition) is 1. The summed E-state index contributed by atoms with van der Waals surface area (Å²) in [4.78, 5) is 11.6. The molecule has 0 saturated heterocycles. The largest absolute Gasteiger partial charge is 0.467 e. The summed E-state index contributed by atoms with van der Waals surface area (Å²) >= 11 is 0. The fourth-order valence-electron chi connectivity index (χ4n) is 1.48. The van der Waals surface area contributed by atoms with E-state index < -0.39 is 5.82 Å². The molecule has 106 valence electrons. The van der Waals surface area contributed by atoms with Crippen LogP contribution in [-0.2, 0) is 6.54 Å². The average Bonchev–Trinajstić information content (AvgIpc) is 2.47. The number of methoxy groups -OCH3 is 2. The Morgan fingerprint density at radius 2 is 1.65 bits per heavy atom. The van der Waals surface area contributed by atoms with Gasteiger partial charge in [0, 0.05) is 12.1 Å². The Hall–Kier alpha value is -2.48. The molecule has 0 bridgehead atoms. The summed E-state index contributed by atoms with van der Waals surface area (Å²) in [6.07, 6.45) is 0. The summed E-state index contributed by atoms with van der Waals surface area (Å²) in [6, 6.07) is 4.33. The molecule has 1 heterocycles. The van der Waals surface area contributed by atoms with Gasteiger partial charge in [-0.25, -0.2) is 4.39 Å². The Morgan fingerprint density at radius 3 is 2.20 bits per heavy atom. The van der Waals surface area contributed by atoms with Crippen LogP contribution in [0.25, 0.3) is 0 Å². The van der Waals surface area contributed by atoms with Crippen LogP contribution in [0, 0.1) is 5.82 Å². The fourth-order valence-corrected chi connectivity index (χ4v) is 1.48. The van der Waals surface area contributed by atoms with Crippen LogP contribution in [0.4, 0.5) is 4.39 Å². The second-order valence-electron chi connectivity index (χ2n) is 3.61. The molecule has 8 heteroatoms. The van der Waals surface area contributed by atoms with E-state index >= 15 is 0 Å². The monoisotopic (exact) mass is 280 g/mol. The standard InChI is InChI=1S/C12H13FN4O3/c1-18-10-15-11(19-2)17-12(16-10)20-9-5-3-4-8(13)7(9)6-14/h3-5H,6,14H2,1-2H3. The third-order valence-corrected chi connectivity index (χ3v) is 2.42. The van der Waals surface area contributed by atoms with Crippen molar-refractivity contribution < 1.29 is 18.6 Å². The maximum absolute atomic E-state index is 13.6. The third kappa shape index (κ3) is 2.91. The van der Waals surface area contributed by atoms with Crippen LogP contribution >= 0.6 is 0 Å². The Labute approximate surface area is 114 Å². The van der Waals surface area contributed by atoms with Crippen LogP contribution in [0.15, 0.2) is 18.2 Å². The fraction of sp³-hybridized carbons (Fsp3) is 0.250. The highest BCUT2D eigenvalue weighted by Crippen LogP contribution is 2.26. The summed E-state index contributed by atoms with van der Waals surface area (Å²) in [5.41, 5.74) is 5.72. The zero-order valence-corrected chi connectivity index (χ0v) is 11.0. The van der Waals surface area contributed by atoms with E-state index in [2.05, 4.69) is 15.0 Å². The molecule has 0 saturated carbocycles. The molecule has 1 aromatic carbocycles. The molecule has 0 aliphatic heterocycles. The van der Waals surface area contributed by atoms with Crippen molar-refractivity contribution in [2.45, 2.75) is 6.54 Å². The Bertz CT molecular complexity index is 587. The number of benzene rings is 1. The lowest BCUT2D eigenvalue weighted by Gasteiger charge is -2.10. The topological polar surface area (TPSA) is 92.4 Å². The van der Waals surface area contributed by atoms with E-state index in [9.17, 15) is 4.39 Å². The smallest absolute Gasteiger partial charge is 0.331 e. The Balaban J connectivity index is 2.37. The Kier molecular flexibility index (Phi) is 4.26. The van der Waals surface area contributed by atoms with Gasteiger partial charge < -0.3 is 19.9 Å². The SMILES string of the molecule is COc1nc(OC)nc(Oc2cccc(F)c2CN)n1. The lowest BCUT2D eigenvalue weighted by molar-refractivity contribution is 0.319. The van der Waals surface area contributed by atoms with Crippen LogP contribution in [0.3, 0.4) is 0 Å². The minimum atomic E-state index is -0.460. The molecule has 0 spiro atoms. The molecule has 2 N–H and O–H groups in total. The van der Waals surface area contributed by atoms with Gasteiger partial charge in [0.15, 0.2) is 0 Å². The first kappa shape index (κ1) is 13.9. The van der Waals surface area contributed by atoms with Gasteiger partial charge >= 0.3 is 18.0 Å². The highest BCUT2D eigenvalue weighted by molar-refractivity contribution is 5.36. The molecule has 0 radical (unpaired) electrons. The lowest BCUT2D eigenvalue weighted by atomic mass is 10.2. The molecule has 2 aromatic rings. The zero-order chi connectivity index (χ0) is 14.5. The summed E-state index contributed by atoms with van der Waals surface area (Å²) in [5, 5.41) is 0. The predicted octanol–water partition coefficient (Wildman–Crippen LogP) is 1.28. The van der Waals surface area contributed by atoms with Gasteiger partial charge in [-0.1, -0.05) is 6.07 Å². The number of halogens is 1. The highest BCUT2D eigenvalue weighted by Gasteiger charge is 2.13. The predicted molar refractivity (Wildman–Crippen MR) is 67.3 cm³/mol. The van der Waals surface area contributed by atoms with Crippen LogP contribution < -0.4 is 19.9 Å². The van der Waals surface area contributed by atoms with Gasteiger partial charge in [0.05, 0.1) is 14.2 Å².